The number of anilines is 2. The van der Waals surface area contributed by atoms with Crippen molar-refractivity contribution in [3.63, 3.8) is 0 Å². The standard InChI is InChI=1S/C19H26N4O/c1-4-17-11-18(22-19(21-17)20-5-2)23-9-8-15-10-14(13(3)24)6-7-16(15)12-23/h6-7,10-11,13,24H,4-5,8-9,12H2,1-3H3,(H,20,21,22)/t13-/m1/s1. The molecule has 1 atom stereocenters. The SMILES string of the molecule is CCNc1nc(CC)cc(N2CCc3cc([C@@H](C)O)ccc3C2)n1. The summed E-state index contributed by atoms with van der Waals surface area (Å²) in [7, 11) is 0. The van der Waals surface area contributed by atoms with Crippen LogP contribution >= 0.6 is 0 Å². The molecule has 1 aliphatic heterocycles. The molecule has 2 heterocycles. The second-order valence-electron chi connectivity index (χ2n) is 6.30. The second-order valence-corrected chi connectivity index (χ2v) is 6.30. The Bertz CT molecular complexity index is 715. The van der Waals surface area contributed by atoms with E-state index in [9.17, 15) is 5.11 Å². The fourth-order valence-electron chi connectivity index (χ4n) is 3.09. The van der Waals surface area contributed by atoms with E-state index in [1.54, 1.807) is 0 Å². The minimum absolute atomic E-state index is 0.412. The van der Waals surface area contributed by atoms with Gasteiger partial charge in [-0.1, -0.05) is 25.1 Å². The maximum Gasteiger partial charge on any atom is 0.224 e. The van der Waals surface area contributed by atoms with Gasteiger partial charge in [0.2, 0.25) is 5.95 Å². The molecule has 0 spiro atoms. The first-order valence-electron chi connectivity index (χ1n) is 8.77. The van der Waals surface area contributed by atoms with Crippen LogP contribution in [0.15, 0.2) is 24.3 Å². The molecule has 0 unspecified atom stereocenters. The molecule has 128 valence electrons. The summed E-state index contributed by atoms with van der Waals surface area (Å²) in [4.78, 5) is 11.5. The Balaban J connectivity index is 1.86. The third-order valence-electron chi connectivity index (χ3n) is 4.51. The van der Waals surface area contributed by atoms with Gasteiger partial charge in [0.25, 0.3) is 0 Å². The van der Waals surface area contributed by atoms with Crippen LogP contribution in [0.2, 0.25) is 0 Å². The zero-order chi connectivity index (χ0) is 17.1. The van der Waals surface area contributed by atoms with Gasteiger partial charge in [-0.25, -0.2) is 4.98 Å². The fourth-order valence-corrected chi connectivity index (χ4v) is 3.09. The molecule has 0 radical (unpaired) electrons. The summed E-state index contributed by atoms with van der Waals surface area (Å²) in [6.45, 7) is 8.58. The van der Waals surface area contributed by atoms with Crippen LogP contribution in [0.1, 0.15) is 49.3 Å². The molecule has 3 rings (SSSR count). The maximum atomic E-state index is 9.76. The average Bonchev–Trinajstić information content (AvgIpc) is 2.60. The molecule has 2 N–H and O–H groups in total. The lowest BCUT2D eigenvalue weighted by Gasteiger charge is -2.30. The number of rotatable bonds is 5. The molecule has 0 bridgehead atoms. The van der Waals surface area contributed by atoms with E-state index in [0.29, 0.717) is 5.95 Å². The van der Waals surface area contributed by atoms with E-state index in [2.05, 4.69) is 52.2 Å². The van der Waals surface area contributed by atoms with Crippen LogP contribution in [-0.4, -0.2) is 28.2 Å². The molecular formula is C19H26N4O. The predicted octanol–water partition coefficient (Wildman–Crippen LogP) is 3.09. The normalized spacial score (nSPS) is 15.1. The first-order chi connectivity index (χ1) is 11.6. The Labute approximate surface area is 143 Å². The number of hydrogen-bond acceptors (Lipinski definition) is 5. The molecule has 2 aromatic rings. The number of fused-ring (bicyclic) bond motifs is 1. The van der Waals surface area contributed by atoms with Crippen molar-refractivity contribution in [1.82, 2.24) is 9.97 Å². The van der Waals surface area contributed by atoms with Crippen molar-refractivity contribution in [2.45, 2.75) is 46.3 Å². The molecule has 0 fully saturated rings. The summed E-state index contributed by atoms with van der Waals surface area (Å²) >= 11 is 0. The number of hydrogen-bond donors (Lipinski definition) is 2. The number of benzene rings is 1. The highest BCUT2D eigenvalue weighted by Gasteiger charge is 2.19. The lowest BCUT2D eigenvalue weighted by Crippen LogP contribution is -2.31. The summed E-state index contributed by atoms with van der Waals surface area (Å²) < 4.78 is 0. The molecule has 0 amide bonds. The van der Waals surface area contributed by atoms with E-state index in [1.165, 1.54) is 11.1 Å². The molecule has 0 saturated heterocycles. The summed E-state index contributed by atoms with van der Waals surface area (Å²) in [6, 6.07) is 8.39. The van der Waals surface area contributed by atoms with Crippen molar-refractivity contribution in [2.24, 2.45) is 0 Å². The van der Waals surface area contributed by atoms with Crippen LogP contribution in [0.4, 0.5) is 11.8 Å². The van der Waals surface area contributed by atoms with Crippen molar-refractivity contribution < 1.29 is 5.11 Å². The van der Waals surface area contributed by atoms with E-state index in [4.69, 9.17) is 0 Å². The number of aryl methyl sites for hydroxylation is 1. The molecule has 0 saturated carbocycles. The van der Waals surface area contributed by atoms with Gasteiger partial charge in [-0.05, 0) is 43.4 Å². The highest BCUT2D eigenvalue weighted by molar-refractivity contribution is 5.48. The summed E-state index contributed by atoms with van der Waals surface area (Å²) in [5.41, 5.74) is 4.70. The number of aromatic nitrogens is 2. The van der Waals surface area contributed by atoms with Crippen LogP contribution < -0.4 is 10.2 Å². The molecule has 5 nitrogen and oxygen atoms in total. The van der Waals surface area contributed by atoms with Gasteiger partial charge < -0.3 is 15.3 Å². The zero-order valence-corrected chi connectivity index (χ0v) is 14.7. The maximum absolute atomic E-state index is 9.76. The van der Waals surface area contributed by atoms with Gasteiger partial charge in [-0.15, -0.1) is 0 Å². The number of aliphatic hydroxyl groups excluding tert-OH is 1. The predicted molar refractivity (Wildman–Crippen MR) is 97.4 cm³/mol. The Morgan fingerprint density at radius 2 is 2.04 bits per heavy atom. The number of aliphatic hydroxyl groups is 1. The van der Waals surface area contributed by atoms with Gasteiger partial charge >= 0.3 is 0 Å². The van der Waals surface area contributed by atoms with Crippen molar-refractivity contribution in [1.29, 1.82) is 0 Å². The highest BCUT2D eigenvalue weighted by atomic mass is 16.3. The summed E-state index contributed by atoms with van der Waals surface area (Å²) in [5.74, 6) is 1.70. The van der Waals surface area contributed by atoms with Crippen LogP contribution in [0, 0.1) is 0 Å². The second kappa shape index (κ2) is 7.18. The topological polar surface area (TPSA) is 61.3 Å². The Morgan fingerprint density at radius 1 is 1.21 bits per heavy atom. The van der Waals surface area contributed by atoms with Crippen LogP contribution in [0.3, 0.4) is 0 Å². The Morgan fingerprint density at radius 3 is 2.75 bits per heavy atom. The Kier molecular flexibility index (Phi) is 5.00. The lowest BCUT2D eigenvalue weighted by molar-refractivity contribution is 0.199. The van der Waals surface area contributed by atoms with E-state index >= 15 is 0 Å². The minimum Gasteiger partial charge on any atom is -0.389 e. The van der Waals surface area contributed by atoms with Gasteiger partial charge in [-0.2, -0.15) is 4.98 Å². The number of nitrogens with one attached hydrogen (secondary N) is 1. The van der Waals surface area contributed by atoms with Crippen molar-refractivity contribution in [3.8, 4) is 0 Å². The third kappa shape index (κ3) is 3.51. The van der Waals surface area contributed by atoms with Gasteiger partial charge in [0, 0.05) is 31.4 Å². The lowest BCUT2D eigenvalue weighted by atomic mass is 9.96. The van der Waals surface area contributed by atoms with Crippen molar-refractivity contribution in [2.75, 3.05) is 23.3 Å². The first kappa shape index (κ1) is 16.7. The van der Waals surface area contributed by atoms with E-state index < -0.39 is 6.10 Å². The monoisotopic (exact) mass is 326 g/mol. The van der Waals surface area contributed by atoms with Crippen molar-refractivity contribution >= 4 is 11.8 Å². The molecule has 1 aromatic heterocycles. The van der Waals surface area contributed by atoms with Crippen molar-refractivity contribution in [3.05, 3.63) is 46.6 Å². The summed E-state index contributed by atoms with van der Waals surface area (Å²) in [6.07, 6.45) is 1.46. The molecule has 1 aliphatic rings. The van der Waals surface area contributed by atoms with E-state index in [0.717, 1.165) is 49.6 Å². The fraction of sp³-hybridized carbons (Fsp3) is 0.474. The van der Waals surface area contributed by atoms with Gasteiger partial charge in [0.15, 0.2) is 0 Å². The molecule has 5 heteroatoms. The highest BCUT2D eigenvalue weighted by Crippen LogP contribution is 2.26. The average molecular weight is 326 g/mol. The number of nitrogens with zero attached hydrogens (tertiary/aromatic N) is 3. The summed E-state index contributed by atoms with van der Waals surface area (Å²) in [5, 5.41) is 13.0. The van der Waals surface area contributed by atoms with Gasteiger partial charge in [0.05, 0.1) is 6.10 Å². The molecule has 24 heavy (non-hydrogen) atoms. The van der Waals surface area contributed by atoms with Crippen LogP contribution in [0.5, 0.6) is 0 Å². The Hall–Kier alpha value is -2.14. The van der Waals surface area contributed by atoms with Crippen LogP contribution in [-0.2, 0) is 19.4 Å². The third-order valence-corrected chi connectivity index (χ3v) is 4.51. The first-order valence-corrected chi connectivity index (χ1v) is 8.77. The largest absolute Gasteiger partial charge is 0.389 e. The smallest absolute Gasteiger partial charge is 0.224 e. The van der Waals surface area contributed by atoms with Gasteiger partial charge in [0.1, 0.15) is 5.82 Å². The quantitative estimate of drug-likeness (QED) is 0.884. The van der Waals surface area contributed by atoms with E-state index in [1.807, 2.05) is 13.0 Å². The molecular weight excluding hydrogens is 300 g/mol. The molecule has 0 aliphatic carbocycles. The molecule has 1 aromatic carbocycles. The van der Waals surface area contributed by atoms with Gasteiger partial charge in [-0.3, -0.25) is 0 Å². The zero-order valence-electron chi connectivity index (χ0n) is 14.7. The van der Waals surface area contributed by atoms with E-state index in [-0.39, 0.29) is 0 Å². The van der Waals surface area contributed by atoms with Crippen LogP contribution in [0.25, 0.3) is 0 Å². The minimum atomic E-state index is -0.412.